The smallest absolute Gasteiger partial charge is 0.478 e. The van der Waals surface area contributed by atoms with Gasteiger partial charge in [-0.3, -0.25) is 4.79 Å². The van der Waals surface area contributed by atoms with E-state index < -0.39 is 23.6 Å². The number of carboxylic acids is 1. The number of aryl methyl sites for hydroxylation is 1. The lowest BCUT2D eigenvalue weighted by molar-refractivity contribution is -0.274. The normalized spacial score (nSPS) is 11.7. The molecule has 0 atom stereocenters. The lowest BCUT2D eigenvalue weighted by Crippen LogP contribution is -2.24. The van der Waals surface area contributed by atoms with Crippen molar-refractivity contribution in [2.75, 3.05) is 0 Å². The third-order valence-corrected chi connectivity index (χ3v) is 5.20. The molecule has 0 aliphatic carbocycles. The van der Waals surface area contributed by atoms with E-state index in [0.29, 0.717) is 6.42 Å². The number of carboxylic acid groups (broad SMARTS) is 1. The maximum atomic E-state index is 12.7. The molecule has 0 radical (unpaired) electrons. The van der Waals surface area contributed by atoms with Crippen molar-refractivity contribution in [1.29, 1.82) is 0 Å². The minimum atomic E-state index is -4.86. The molecular formula is C23H16Cl2F3NO4. The molecule has 2 aromatic carbocycles. The average molecular weight is 498 g/mol. The molecule has 0 amide bonds. The van der Waals surface area contributed by atoms with Gasteiger partial charge in [-0.25, -0.2) is 4.79 Å². The minimum absolute atomic E-state index is 0.112. The molecular weight excluding hydrogens is 482 g/mol. The summed E-state index contributed by atoms with van der Waals surface area (Å²) in [6.07, 6.45) is -1.74. The number of aromatic nitrogens is 1. The monoisotopic (exact) mass is 497 g/mol. The lowest BCUT2D eigenvalue weighted by Gasteiger charge is -2.14. The summed E-state index contributed by atoms with van der Waals surface area (Å²) in [5.74, 6) is -1.46. The summed E-state index contributed by atoms with van der Waals surface area (Å²) in [5.41, 5.74) is 0.744. The highest BCUT2D eigenvalue weighted by Crippen LogP contribution is 2.28. The first kappa shape index (κ1) is 24.4. The number of para-hydroxylation sites is 1. The van der Waals surface area contributed by atoms with Crippen molar-refractivity contribution in [3.8, 4) is 5.75 Å². The minimum Gasteiger partial charge on any atom is -0.478 e. The van der Waals surface area contributed by atoms with Gasteiger partial charge in [0.15, 0.2) is 0 Å². The maximum Gasteiger partial charge on any atom is 0.573 e. The van der Waals surface area contributed by atoms with Crippen LogP contribution in [-0.2, 0) is 13.0 Å². The Kier molecular flexibility index (Phi) is 7.50. The van der Waals surface area contributed by atoms with Gasteiger partial charge in [0.05, 0.1) is 16.3 Å². The van der Waals surface area contributed by atoms with Crippen LogP contribution in [0.1, 0.15) is 27.2 Å². The van der Waals surface area contributed by atoms with Crippen LogP contribution >= 0.6 is 23.2 Å². The second kappa shape index (κ2) is 10.1. The summed E-state index contributed by atoms with van der Waals surface area (Å²) in [7, 11) is 0. The van der Waals surface area contributed by atoms with E-state index in [1.165, 1.54) is 53.1 Å². The first-order chi connectivity index (χ1) is 15.5. The summed E-state index contributed by atoms with van der Waals surface area (Å²) in [5, 5.41) is 9.02. The molecule has 33 heavy (non-hydrogen) atoms. The Balaban J connectivity index is 1.93. The Labute approximate surface area is 196 Å². The van der Waals surface area contributed by atoms with Gasteiger partial charge in [-0.15, -0.1) is 13.2 Å². The van der Waals surface area contributed by atoms with Gasteiger partial charge >= 0.3 is 12.3 Å². The third kappa shape index (κ3) is 6.40. The number of hydrogen-bond acceptors (Lipinski definition) is 3. The van der Waals surface area contributed by atoms with Gasteiger partial charge < -0.3 is 14.4 Å². The van der Waals surface area contributed by atoms with Crippen LogP contribution in [0.5, 0.6) is 5.75 Å². The van der Waals surface area contributed by atoms with Gasteiger partial charge in [-0.05, 0) is 48.4 Å². The second-order valence-corrected chi connectivity index (χ2v) is 7.67. The molecule has 0 fully saturated rings. The summed E-state index contributed by atoms with van der Waals surface area (Å²) < 4.78 is 43.4. The molecule has 1 N–H and O–H groups in total. The molecule has 1 heterocycles. The van der Waals surface area contributed by atoms with E-state index >= 15 is 0 Å². The molecule has 1 aromatic heterocycles. The molecule has 0 unspecified atom stereocenters. The van der Waals surface area contributed by atoms with E-state index in [-0.39, 0.29) is 33.4 Å². The summed E-state index contributed by atoms with van der Waals surface area (Å²) in [4.78, 5) is 23.7. The molecule has 0 saturated carbocycles. The summed E-state index contributed by atoms with van der Waals surface area (Å²) in [6.45, 7) is 0.145. The van der Waals surface area contributed by atoms with Crippen molar-refractivity contribution < 1.29 is 27.8 Å². The molecule has 5 nitrogen and oxygen atoms in total. The number of benzene rings is 2. The molecule has 0 bridgehead atoms. The van der Waals surface area contributed by atoms with Crippen LogP contribution in [0.15, 0.2) is 59.4 Å². The molecule has 3 rings (SSSR count). The zero-order valence-corrected chi connectivity index (χ0v) is 18.3. The first-order valence-corrected chi connectivity index (χ1v) is 10.2. The van der Waals surface area contributed by atoms with Gasteiger partial charge in [-0.1, -0.05) is 53.5 Å². The SMILES string of the molecule is O=C(O)c1ccc(CCn2c(C=Cc3ccccc3OC(F)(F)F)c(Cl)cc(Cl)c2=O)cc1. The number of pyridine rings is 1. The number of hydrogen-bond donors (Lipinski definition) is 1. The number of halogens is 5. The molecule has 0 saturated heterocycles. The Morgan fingerprint density at radius 3 is 2.33 bits per heavy atom. The predicted octanol–water partition coefficient (Wildman–Crippen LogP) is 6.17. The molecule has 0 aliphatic rings. The van der Waals surface area contributed by atoms with Crippen LogP contribution in [0.2, 0.25) is 10.0 Å². The van der Waals surface area contributed by atoms with Crippen LogP contribution in [0.4, 0.5) is 13.2 Å². The number of aromatic carboxylic acids is 1. The summed E-state index contributed by atoms with van der Waals surface area (Å²) >= 11 is 12.3. The van der Waals surface area contributed by atoms with Crippen molar-refractivity contribution in [2.24, 2.45) is 0 Å². The number of ether oxygens (including phenoxy) is 1. The quantitative estimate of drug-likeness (QED) is 0.424. The molecule has 3 aromatic rings. The molecule has 10 heteroatoms. The van der Waals surface area contributed by atoms with Crippen LogP contribution in [0.25, 0.3) is 12.2 Å². The average Bonchev–Trinajstić information content (AvgIpc) is 2.74. The van der Waals surface area contributed by atoms with Crippen LogP contribution in [0.3, 0.4) is 0 Å². The van der Waals surface area contributed by atoms with Crippen molar-refractivity contribution >= 4 is 41.3 Å². The fourth-order valence-electron chi connectivity index (χ4n) is 3.07. The number of rotatable bonds is 7. The van der Waals surface area contributed by atoms with Crippen LogP contribution < -0.4 is 10.3 Å². The standard InChI is InChI=1S/C23H16Cl2F3NO4/c24-17-13-18(25)21(30)29(12-11-14-5-7-16(8-6-14)22(31)32)19(17)10-9-15-3-1-2-4-20(15)33-23(26,27)28/h1-10,13H,11-12H2,(H,31,32). The number of carbonyl (C=O) groups is 1. The highest BCUT2D eigenvalue weighted by Gasteiger charge is 2.31. The van der Waals surface area contributed by atoms with Crippen molar-refractivity contribution in [2.45, 2.75) is 19.3 Å². The van der Waals surface area contributed by atoms with Crippen molar-refractivity contribution in [3.05, 3.63) is 97.4 Å². The fourth-order valence-corrected chi connectivity index (χ4v) is 3.61. The van der Waals surface area contributed by atoms with Gasteiger partial charge in [0.25, 0.3) is 5.56 Å². The van der Waals surface area contributed by atoms with E-state index in [1.54, 1.807) is 18.2 Å². The van der Waals surface area contributed by atoms with E-state index in [0.717, 1.165) is 5.56 Å². The predicted molar refractivity (Wildman–Crippen MR) is 120 cm³/mol. The van der Waals surface area contributed by atoms with E-state index in [4.69, 9.17) is 28.3 Å². The molecule has 0 spiro atoms. The Bertz CT molecular complexity index is 1250. The van der Waals surface area contributed by atoms with E-state index in [1.807, 2.05) is 0 Å². The van der Waals surface area contributed by atoms with Gasteiger partial charge in [0.2, 0.25) is 0 Å². The second-order valence-electron chi connectivity index (χ2n) is 6.85. The Morgan fingerprint density at radius 2 is 1.70 bits per heavy atom. The molecule has 0 aliphatic heterocycles. The van der Waals surface area contributed by atoms with Crippen molar-refractivity contribution in [1.82, 2.24) is 4.57 Å². The maximum absolute atomic E-state index is 12.7. The number of alkyl halides is 3. The third-order valence-electron chi connectivity index (χ3n) is 4.63. The van der Waals surface area contributed by atoms with E-state index in [9.17, 15) is 22.8 Å². The van der Waals surface area contributed by atoms with Crippen LogP contribution in [-0.4, -0.2) is 22.0 Å². The van der Waals surface area contributed by atoms with Gasteiger partial charge in [0, 0.05) is 12.1 Å². The van der Waals surface area contributed by atoms with Gasteiger partial charge in [-0.2, -0.15) is 0 Å². The van der Waals surface area contributed by atoms with Crippen molar-refractivity contribution in [3.63, 3.8) is 0 Å². The Hall–Kier alpha value is -3.23. The lowest BCUT2D eigenvalue weighted by atomic mass is 10.1. The summed E-state index contributed by atoms with van der Waals surface area (Å²) in [6, 6.07) is 13.0. The molecule has 172 valence electrons. The zero-order chi connectivity index (χ0) is 24.2. The first-order valence-electron chi connectivity index (χ1n) is 9.49. The number of nitrogens with zero attached hydrogens (tertiary/aromatic N) is 1. The largest absolute Gasteiger partial charge is 0.573 e. The zero-order valence-electron chi connectivity index (χ0n) is 16.8. The Morgan fingerprint density at radius 1 is 1.03 bits per heavy atom. The fraction of sp³-hybridized carbons (Fsp3) is 0.130. The highest BCUT2D eigenvalue weighted by molar-refractivity contribution is 6.35. The van der Waals surface area contributed by atoms with Crippen LogP contribution in [0, 0.1) is 0 Å². The topological polar surface area (TPSA) is 68.5 Å². The van der Waals surface area contributed by atoms with Gasteiger partial charge in [0.1, 0.15) is 10.8 Å². The highest BCUT2D eigenvalue weighted by atomic mass is 35.5. The van der Waals surface area contributed by atoms with E-state index in [2.05, 4.69) is 4.74 Å².